The molecule has 0 aliphatic carbocycles. The highest BCUT2D eigenvalue weighted by Gasteiger charge is 2.37. The molecule has 3 amide bonds. The van der Waals surface area contributed by atoms with E-state index in [-0.39, 0.29) is 11.8 Å². The smallest absolute Gasteiger partial charge is 0.352 e. The zero-order valence-corrected chi connectivity index (χ0v) is 19.1. The maximum absolute atomic E-state index is 14.1. The second kappa shape index (κ2) is 9.79. The summed E-state index contributed by atoms with van der Waals surface area (Å²) in [6, 6.07) is 1.81. The molecule has 1 aliphatic rings. The summed E-state index contributed by atoms with van der Waals surface area (Å²) >= 11 is 0. The molecule has 8 nitrogen and oxygen atoms in total. The third-order valence-electron chi connectivity index (χ3n) is 5.63. The number of carbonyl (C=O) groups is 3. The zero-order valence-electron chi connectivity index (χ0n) is 19.1. The van der Waals surface area contributed by atoms with Crippen LogP contribution in [-0.2, 0) is 17.5 Å². The number of nitrogens with zero attached hydrogens (tertiary/aromatic N) is 2. The van der Waals surface area contributed by atoms with Gasteiger partial charge in [0.25, 0.3) is 18.2 Å². The number of halogens is 7. The van der Waals surface area contributed by atoms with E-state index in [1.54, 1.807) is 0 Å². The number of imidazole rings is 1. The Morgan fingerprint density at radius 3 is 2.42 bits per heavy atom. The highest BCUT2D eigenvalue weighted by atomic mass is 19.4. The van der Waals surface area contributed by atoms with E-state index in [9.17, 15) is 45.1 Å². The molecule has 0 spiro atoms. The zero-order chi connectivity index (χ0) is 27.9. The lowest BCUT2D eigenvalue weighted by Crippen LogP contribution is -2.41. The Balaban J connectivity index is 1.87. The van der Waals surface area contributed by atoms with Gasteiger partial charge in [-0.15, -0.1) is 0 Å². The van der Waals surface area contributed by atoms with Gasteiger partial charge in [-0.3, -0.25) is 14.4 Å². The number of hydrogen-bond donors (Lipinski definition) is 3. The molecular weight excluding hydrogens is 527 g/mol. The van der Waals surface area contributed by atoms with Crippen LogP contribution in [0.3, 0.4) is 0 Å². The standard InChI is InChI=1S/C23H16F7N5O3/c1-31-22(38)20-33-19(34-21(37)9-4-10(23(28,29)30)6-12(25)5-9)17-16(32-15(36)8-35(17)20)14-7-11(24)2-3-13(14)18(26)27/h2-7,16,18H,8H2,1H3,(H,31,38)(H,32,36)(H,34,37)/t16-/m0/s1. The molecule has 0 unspecified atom stereocenters. The van der Waals surface area contributed by atoms with Gasteiger partial charge in [-0.1, -0.05) is 6.07 Å². The van der Waals surface area contributed by atoms with Gasteiger partial charge in [0.05, 0.1) is 17.3 Å². The molecular formula is C23H16F7N5O3. The van der Waals surface area contributed by atoms with Crippen LogP contribution in [0.15, 0.2) is 36.4 Å². The number of amides is 3. The summed E-state index contributed by atoms with van der Waals surface area (Å²) in [5.41, 5.74) is -3.55. The van der Waals surface area contributed by atoms with Crippen molar-refractivity contribution in [3.63, 3.8) is 0 Å². The second-order valence-corrected chi connectivity index (χ2v) is 8.09. The third-order valence-corrected chi connectivity index (χ3v) is 5.63. The van der Waals surface area contributed by atoms with Crippen LogP contribution in [0.25, 0.3) is 0 Å². The van der Waals surface area contributed by atoms with Crippen molar-refractivity contribution < 1.29 is 45.1 Å². The monoisotopic (exact) mass is 543 g/mol. The molecule has 0 saturated carbocycles. The highest BCUT2D eigenvalue weighted by molar-refractivity contribution is 6.05. The molecule has 3 aromatic rings. The Labute approximate surface area is 208 Å². The number of alkyl halides is 5. The molecule has 200 valence electrons. The summed E-state index contributed by atoms with van der Waals surface area (Å²) < 4.78 is 95.8. The minimum atomic E-state index is -4.98. The fraction of sp³-hybridized carbons (Fsp3) is 0.217. The van der Waals surface area contributed by atoms with Gasteiger partial charge in [-0.2, -0.15) is 13.2 Å². The lowest BCUT2D eigenvalue weighted by atomic mass is 9.96. The van der Waals surface area contributed by atoms with Crippen molar-refractivity contribution in [2.75, 3.05) is 12.4 Å². The molecule has 4 rings (SSSR count). The van der Waals surface area contributed by atoms with Crippen molar-refractivity contribution in [3.05, 3.63) is 81.8 Å². The number of anilines is 1. The van der Waals surface area contributed by atoms with Crippen LogP contribution in [0, 0.1) is 11.6 Å². The summed E-state index contributed by atoms with van der Waals surface area (Å²) in [4.78, 5) is 41.7. The Kier molecular flexibility index (Phi) is 6.86. The normalized spacial score (nSPS) is 15.2. The maximum Gasteiger partial charge on any atom is 0.416 e. The van der Waals surface area contributed by atoms with Crippen LogP contribution in [0.5, 0.6) is 0 Å². The summed E-state index contributed by atoms with van der Waals surface area (Å²) in [5.74, 6) is -6.20. The van der Waals surface area contributed by atoms with E-state index in [2.05, 4.69) is 20.9 Å². The first-order chi connectivity index (χ1) is 17.8. The third kappa shape index (κ3) is 5.03. The Morgan fingerprint density at radius 1 is 1.08 bits per heavy atom. The summed E-state index contributed by atoms with van der Waals surface area (Å²) in [5, 5.41) is 6.78. The number of nitrogens with one attached hydrogen (secondary N) is 3. The Hall–Kier alpha value is -4.43. The lowest BCUT2D eigenvalue weighted by Gasteiger charge is -2.28. The lowest BCUT2D eigenvalue weighted by molar-refractivity contribution is -0.137. The summed E-state index contributed by atoms with van der Waals surface area (Å²) in [7, 11) is 1.22. The summed E-state index contributed by atoms with van der Waals surface area (Å²) in [6.45, 7) is -0.561. The first-order valence-electron chi connectivity index (χ1n) is 10.7. The van der Waals surface area contributed by atoms with Gasteiger partial charge in [-0.05, 0) is 35.9 Å². The van der Waals surface area contributed by atoms with Crippen LogP contribution in [-0.4, -0.2) is 34.3 Å². The molecule has 0 fully saturated rings. The van der Waals surface area contributed by atoms with Gasteiger partial charge in [-0.25, -0.2) is 22.5 Å². The molecule has 0 bridgehead atoms. The first kappa shape index (κ1) is 26.6. The van der Waals surface area contributed by atoms with E-state index in [0.717, 1.165) is 22.8 Å². The van der Waals surface area contributed by atoms with Gasteiger partial charge in [0.1, 0.15) is 18.2 Å². The predicted molar refractivity (Wildman–Crippen MR) is 116 cm³/mol. The van der Waals surface area contributed by atoms with Crippen LogP contribution in [0.1, 0.15) is 55.8 Å². The Bertz CT molecular complexity index is 1450. The van der Waals surface area contributed by atoms with Gasteiger partial charge < -0.3 is 20.5 Å². The van der Waals surface area contributed by atoms with E-state index < -0.39 is 88.4 Å². The molecule has 38 heavy (non-hydrogen) atoms. The van der Waals surface area contributed by atoms with Crippen molar-refractivity contribution in [1.82, 2.24) is 20.2 Å². The fourth-order valence-corrected chi connectivity index (χ4v) is 4.00. The number of fused-ring (bicyclic) bond motifs is 1. The average Bonchev–Trinajstić information content (AvgIpc) is 3.19. The minimum absolute atomic E-state index is 0.181. The molecule has 2 heterocycles. The highest BCUT2D eigenvalue weighted by Crippen LogP contribution is 2.37. The topological polar surface area (TPSA) is 105 Å². The number of aromatic nitrogens is 2. The molecule has 1 atom stereocenters. The number of rotatable bonds is 5. The van der Waals surface area contributed by atoms with E-state index >= 15 is 0 Å². The van der Waals surface area contributed by atoms with Crippen molar-refractivity contribution in [3.8, 4) is 0 Å². The van der Waals surface area contributed by atoms with Crippen LogP contribution in [0.4, 0.5) is 36.6 Å². The number of hydrogen-bond acceptors (Lipinski definition) is 4. The SMILES string of the molecule is CNC(=O)c1nc(NC(=O)c2cc(F)cc(C(F)(F)F)c2)c2n1CC(=O)N[C@H]2c1cc(F)ccc1C(F)F. The van der Waals surface area contributed by atoms with Crippen molar-refractivity contribution in [2.24, 2.45) is 0 Å². The van der Waals surface area contributed by atoms with Gasteiger partial charge in [0.2, 0.25) is 11.7 Å². The van der Waals surface area contributed by atoms with Crippen LogP contribution in [0.2, 0.25) is 0 Å². The number of benzene rings is 2. The average molecular weight is 543 g/mol. The maximum atomic E-state index is 14.1. The van der Waals surface area contributed by atoms with Crippen molar-refractivity contribution in [1.29, 1.82) is 0 Å². The molecule has 0 radical (unpaired) electrons. The quantitative estimate of drug-likeness (QED) is 0.424. The van der Waals surface area contributed by atoms with Crippen molar-refractivity contribution >= 4 is 23.5 Å². The minimum Gasteiger partial charge on any atom is -0.352 e. The molecule has 1 aliphatic heterocycles. The molecule has 3 N–H and O–H groups in total. The molecule has 0 saturated heterocycles. The van der Waals surface area contributed by atoms with Crippen LogP contribution < -0.4 is 16.0 Å². The second-order valence-electron chi connectivity index (χ2n) is 8.09. The van der Waals surface area contributed by atoms with Crippen molar-refractivity contribution in [2.45, 2.75) is 25.2 Å². The number of carbonyl (C=O) groups excluding carboxylic acids is 3. The Morgan fingerprint density at radius 2 is 1.79 bits per heavy atom. The van der Waals surface area contributed by atoms with Gasteiger partial charge in [0, 0.05) is 18.2 Å². The fourth-order valence-electron chi connectivity index (χ4n) is 4.00. The van der Waals surface area contributed by atoms with Gasteiger partial charge in [0.15, 0.2) is 5.82 Å². The van der Waals surface area contributed by atoms with E-state index in [4.69, 9.17) is 0 Å². The largest absolute Gasteiger partial charge is 0.416 e. The predicted octanol–water partition coefficient (Wildman–Crippen LogP) is 3.95. The molecule has 1 aromatic heterocycles. The summed E-state index contributed by atoms with van der Waals surface area (Å²) in [6.07, 6.45) is -8.10. The van der Waals surface area contributed by atoms with E-state index in [1.165, 1.54) is 7.05 Å². The van der Waals surface area contributed by atoms with E-state index in [1.807, 2.05) is 0 Å². The first-order valence-corrected chi connectivity index (χ1v) is 10.7. The van der Waals surface area contributed by atoms with Crippen LogP contribution >= 0.6 is 0 Å². The van der Waals surface area contributed by atoms with Gasteiger partial charge >= 0.3 is 6.18 Å². The van der Waals surface area contributed by atoms with E-state index in [0.29, 0.717) is 12.1 Å². The molecule has 2 aromatic carbocycles. The molecule has 15 heteroatoms.